The smallest absolute Gasteiger partial charge is 0.465 e. The van der Waals surface area contributed by atoms with E-state index in [1.165, 1.54) is 0 Å². The molecule has 0 fully saturated rings. The molecule has 0 aromatic heterocycles. The number of hydrogen-bond acceptors (Lipinski definition) is 4. The fourth-order valence-electron chi connectivity index (χ4n) is 0.770. The van der Waals surface area contributed by atoms with Gasteiger partial charge >= 0.3 is 12.3 Å². The second-order valence-corrected chi connectivity index (χ2v) is 2.52. The van der Waals surface area contributed by atoms with Gasteiger partial charge < -0.3 is 4.74 Å². The summed E-state index contributed by atoms with van der Waals surface area (Å²) in [5.41, 5.74) is 0. The van der Waals surface area contributed by atoms with Gasteiger partial charge in [0, 0.05) is 0 Å². The summed E-state index contributed by atoms with van der Waals surface area (Å²) in [6.07, 6.45) is -5.08. The Bertz CT molecular complexity index is 246. The Balaban J connectivity index is 3.92. The number of nitrogens with zero attached hydrogens (tertiary/aromatic N) is 1. The van der Waals surface area contributed by atoms with Crippen LogP contribution in [0.15, 0.2) is 0 Å². The van der Waals surface area contributed by atoms with Gasteiger partial charge in [0.25, 0.3) is 0 Å². The predicted octanol–water partition coefficient (Wildman–Crippen LogP) is 1.62. The zero-order valence-electron chi connectivity index (χ0n) is 8.00. The Morgan fingerprint density at radius 3 is 2.53 bits per heavy atom. The number of hydrogen-bond donors (Lipinski definition) is 0. The molecule has 0 aromatic rings. The molecule has 0 bridgehead atoms. The third-order valence-corrected chi connectivity index (χ3v) is 1.40. The lowest BCUT2D eigenvalue weighted by atomic mass is 10.1. The molecule has 0 aliphatic carbocycles. The Labute approximate surface area is 84.6 Å². The number of ether oxygens (including phenoxy) is 2. The van der Waals surface area contributed by atoms with E-state index < -0.39 is 24.9 Å². The molecule has 0 radical (unpaired) electrons. The molecular weight excluding hydrogens is 215 g/mol. The Kier molecular flexibility index (Phi) is 5.70. The molecule has 1 unspecified atom stereocenters. The quantitative estimate of drug-likeness (QED) is 0.667. The van der Waals surface area contributed by atoms with Crippen LogP contribution >= 0.6 is 0 Å². The number of halogens is 3. The highest BCUT2D eigenvalue weighted by atomic mass is 19.4. The molecular formula is C8H10F3NO3. The molecule has 0 aliphatic heterocycles. The van der Waals surface area contributed by atoms with Crippen molar-refractivity contribution in [2.75, 3.05) is 13.2 Å². The molecule has 1 atom stereocenters. The van der Waals surface area contributed by atoms with Gasteiger partial charge in [0.05, 0.1) is 19.3 Å². The van der Waals surface area contributed by atoms with Gasteiger partial charge in [-0.3, -0.25) is 9.53 Å². The first kappa shape index (κ1) is 13.7. The van der Waals surface area contributed by atoms with E-state index in [1.54, 1.807) is 13.0 Å². The van der Waals surface area contributed by atoms with Crippen molar-refractivity contribution >= 4 is 5.97 Å². The van der Waals surface area contributed by atoms with Crippen LogP contribution in [0.5, 0.6) is 0 Å². The maximum absolute atomic E-state index is 11.5. The van der Waals surface area contributed by atoms with E-state index in [2.05, 4.69) is 9.47 Å². The zero-order chi connectivity index (χ0) is 11.9. The minimum Gasteiger partial charge on any atom is -0.465 e. The molecule has 0 aromatic carbocycles. The third kappa shape index (κ3) is 6.74. The number of alkyl halides is 3. The van der Waals surface area contributed by atoms with Crippen molar-refractivity contribution in [3.8, 4) is 6.07 Å². The summed E-state index contributed by atoms with van der Waals surface area (Å²) in [6, 6.07) is 1.55. The van der Waals surface area contributed by atoms with E-state index >= 15 is 0 Å². The average Bonchev–Trinajstić information content (AvgIpc) is 2.11. The van der Waals surface area contributed by atoms with Gasteiger partial charge in [0.15, 0.2) is 0 Å². The lowest BCUT2D eigenvalue weighted by molar-refractivity contribution is -0.325. The van der Waals surface area contributed by atoms with E-state index in [9.17, 15) is 18.0 Å². The molecule has 0 N–H and O–H groups in total. The number of carbonyl (C=O) groups is 1. The van der Waals surface area contributed by atoms with Gasteiger partial charge in [-0.15, -0.1) is 13.2 Å². The Morgan fingerprint density at radius 1 is 1.53 bits per heavy atom. The first-order chi connectivity index (χ1) is 6.90. The summed E-state index contributed by atoms with van der Waals surface area (Å²) >= 11 is 0. The van der Waals surface area contributed by atoms with Crippen molar-refractivity contribution in [3.63, 3.8) is 0 Å². The molecule has 0 spiro atoms. The molecule has 4 nitrogen and oxygen atoms in total. The molecule has 7 heteroatoms. The van der Waals surface area contributed by atoms with Gasteiger partial charge in [0.2, 0.25) is 0 Å². The summed E-state index contributed by atoms with van der Waals surface area (Å²) in [7, 11) is 0. The first-order valence-electron chi connectivity index (χ1n) is 4.17. The summed E-state index contributed by atoms with van der Waals surface area (Å²) in [6.45, 7) is 0.885. The minimum atomic E-state index is -4.74. The Morgan fingerprint density at radius 2 is 2.13 bits per heavy atom. The monoisotopic (exact) mass is 225 g/mol. The number of rotatable bonds is 5. The SMILES string of the molecule is CCOC(=O)C(C#N)CCOC(F)(F)F. The van der Waals surface area contributed by atoms with Crippen molar-refractivity contribution < 1.29 is 27.4 Å². The lowest BCUT2D eigenvalue weighted by Gasteiger charge is -2.09. The molecule has 0 aliphatic rings. The van der Waals surface area contributed by atoms with Crippen LogP contribution in [0.3, 0.4) is 0 Å². The van der Waals surface area contributed by atoms with Gasteiger partial charge in [-0.2, -0.15) is 5.26 Å². The molecule has 0 rings (SSSR count). The topological polar surface area (TPSA) is 59.3 Å². The molecule has 0 saturated carbocycles. The summed E-state index contributed by atoms with van der Waals surface area (Å²) < 4.78 is 42.5. The third-order valence-electron chi connectivity index (χ3n) is 1.40. The molecule has 0 amide bonds. The highest BCUT2D eigenvalue weighted by Crippen LogP contribution is 2.17. The highest BCUT2D eigenvalue weighted by molar-refractivity contribution is 5.75. The summed E-state index contributed by atoms with van der Waals surface area (Å²) in [5.74, 6) is -2.04. The van der Waals surface area contributed by atoms with Crippen molar-refractivity contribution in [3.05, 3.63) is 0 Å². The zero-order valence-corrected chi connectivity index (χ0v) is 8.00. The second-order valence-electron chi connectivity index (χ2n) is 2.52. The standard InChI is InChI=1S/C8H10F3NO3/c1-2-14-7(13)6(5-12)3-4-15-8(9,10)11/h6H,2-4H2,1H3. The van der Waals surface area contributed by atoms with Crippen LogP contribution in [0.1, 0.15) is 13.3 Å². The molecule has 86 valence electrons. The van der Waals surface area contributed by atoms with Gasteiger partial charge in [-0.25, -0.2) is 0 Å². The number of nitriles is 1. The first-order valence-corrected chi connectivity index (χ1v) is 4.17. The van der Waals surface area contributed by atoms with Crippen LogP contribution < -0.4 is 0 Å². The van der Waals surface area contributed by atoms with Gasteiger partial charge in [-0.05, 0) is 13.3 Å². The molecule has 0 heterocycles. The van der Waals surface area contributed by atoms with E-state index in [1.807, 2.05) is 0 Å². The average molecular weight is 225 g/mol. The molecule has 0 saturated heterocycles. The second kappa shape index (κ2) is 6.24. The number of esters is 1. The van der Waals surface area contributed by atoms with E-state index in [0.29, 0.717) is 0 Å². The van der Waals surface area contributed by atoms with Crippen molar-refractivity contribution in [1.29, 1.82) is 5.26 Å². The van der Waals surface area contributed by atoms with Crippen LogP contribution in [0, 0.1) is 17.2 Å². The fraction of sp³-hybridized carbons (Fsp3) is 0.750. The predicted molar refractivity (Wildman–Crippen MR) is 42.4 cm³/mol. The van der Waals surface area contributed by atoms with Crippen molar-refractivity contribution in [1.82, 2.24) is 0 Å². The van der Waals surface area contributed by atoms with Gasteiger partial charge in [0.1, 0.15) is 5.92 Å². The maximum atomic E-state index is 11.5. The lowest BCUT2D eigenvalue weighted by Crippen LogP contribution is -2.21. The van der Waals surface area contributed by atoms with Crippen molar-refractivity contribution in [2.45, 2.75) is 19.7 Å². The van der Waals surface area contributed by atoms with Crippen LogP contribution in [0.25, 0.3) is 0 Å². The Hall–Kier alpha value is -1.29. The maximum Gasteiger partial charge on any atom is 0.522 e. The van der Waals surface area contributed by atoms with E-state index in [-0.39, 0.29) is 13.0 Å². The summed E-state index contributed by atoms with van der Waals surface area (Å²) in [4.78, 5) is 10.9. The van der Waals surface area contributed by atoms with Crippen LogP contribution in [0.4, 0.5) is 13.2 Å². The van der Waals surface area contributed by atoms with Gasteiger partial charge in [-0.1, -0.05) is 0 Å². The van der Waals surface area contributed by atoms with Crippen molar-refractivity contribution in [2.24, 2.45) is 5.92 Å². The molecule has 15 heavy (non-hydrogen) atoms. The highest BCUT2D eigenvalue weighted by Gasteiger charge is 2.30. The fourth-order valence-corrected chi connectivity index (χ4v) is 0.770. The van der Waals surface area contributed by atoms with E-state index in [0.717, 1.165) is 0 Å². The normalized spacial score (nSPS) is 13.0. The number of carbonyl (C=O) groups excluding carboxylic acids is 1. The largest absolute Gasteiger partial charge is 0.522 e. The minimum absolute atomic E-state index is 0.0805. The van der Waals surface area contributed by atoms with Crippen LogP contribution in [0.2, 0.25) is 0 Å². The van der Waals surface area contributed by atoms with Crippen LogP contribution in [-0.4, -0.2) is 25.5 Å². The van der Waals surface area contributed by atoms with Crippen LogP contribution in [-0.2, 0) is 14.3 Å². The summed E-state index contributed by atoms with van der Waals surface area (Å²) in [5, 5.41) is 8.46. The van der Waals surface area contributed by atoms with E-state index in [4.69, 9.17) is 5.26 Å².